The molecule has 0 saturated heterocycles. The average molecular weight is 374 g/mol. The van der Waals surface area contributed by atoms with Crippen LogP contribution in [-0.2, 0) is 14.4 Å². The molecule has 27 heavy (non-hydrogen) atoms. The first-order valence-corrected chi connectivity index (χ1v) is 9.90. The summed E-state index contributed by atoms with van der Waals surface area (Å²) in [6, 6.07) is 0. The van der Waals surface area contributed by atoms with Gasteiger partial charge < -0.3 is 5.11 Å². The molecule has 0 aliphatic heterocycles. The molecule has 9 atom stereocenters. The Bertz CT molecular complexity index is 770. The third kappa shape index (κ3) is 2.40. The third-order valence-corrected chi connectivity index (χ3v) is 8.24. The predicted molar refractivity (Wildman–Crippen MR) is 97.4 cm³/mol. The smallest absolute Gasteiger partial charge is 0.199 e. The zero-order chi connectivity index (χ0) is 19.7. The zero-order valence-electron chi connectivity index (χ0n) is 16.0. The number of Topliss-reactive ketones (excluding diaryl/α,β-unsaturated/α-hetero) is 1. The molecular weight excluding hydrogens is 347 g/mol. The van der Waals surface area contributed by atoms with Crippen molar-refractivity contribution < 1.29 is 23.9 Å². The van der Waals surface area contributed by atoms with E-state index in [0.29, 0.717) is 18.3 Å². The van der Waals surface area contributed by atoms with Crippen LogP contribution in [0.1, 0.15) is 40.0 Å². The van der Waals surface area contributed by atoms with E-state index in [0.717, 1.165) is 6.42 Å². The molecule has 4 aliphatic rings. The molecule has 0 bridgehead atoms. The Morgan fingerprint density at radius 2 is 2.04 bits per heavy atom. The molecule has 3 saturated carbocycles. The van der Waals surface area contributed by atoms with Crippen LogP contribution in [0.4, 0.5) is 4.39 Å². The first kappa shape index (κ1) is 18.7. The summed E-state index contributed by atoms with van der Waals surface area (Å²) in [5.41, 5.74) is -0.707. The topological polar surface area (TPSA) is 71.4 Å². The summed E-state index contributed by atoms with van der Waals surface area (Å²) < 4.78 is 15.2. The molecule has 0 heterocycles. The maximum Gasteiger partial charge on any atom is 0.199 e. The van der Waals surface area contributed by atoms with Crippen LogP contribution in [0.5, 0.6) is 0 Å². The van der Waals surface area contributed by atoms with Gasteiger partial charge in [-0.2, -0.15) is 0 Å². The molecule has 0 unspecified atom stereocenters. The number of fused-ring (bicyclic) bond motifs is 5. The van der Waals surface area contributed by atoms with Crippen LogP contribution < -0.4 is 0 Å². The van der Waals surface area contributed by atoms with Gasteiger partial charge in [0.15, 0.2) is 17.9 Å². The van der Waals surface area contributed by atoms with Gasteiger partial charge in [-0.3, -0.25) is 14.4 Å². The van der Waals surface area contributed by atoms with Crippen molar-refractivity contribution in [3.05, 3.63) is 23.8 Å². The Balaban J connectivity index is 1.78. The Labute approximate surface area is 158 Å². The molecule has 0 aromatic carbocycles. The highest BCUT2D eigenvalue weighted by Gasteiger charge is 2.65. The number of ketones is 2. The number of aliphatic hydroxyl groups excluding tert-OH is 1. The molecule has 1 N–H and O–H groups in total. The van der Waals surface area contributed by atoms with E-state index in [1.54, 1.807) is 6.08 Å². The van der Waals surface area contributed by atoms with Gasteiger partial charge in [-0.25, -0.2) is 4.39 Å². The molecule has 5 heteroatoms. The molecule has 0 aromatic heterocycles. The summed E-state index contributed by atoms with van der Waals surface area (Å²) in [5, 5.41) is 11.2. The van der Waals surface area contributed by atoms with Crippen LogP contribution in [0.25, 0.3) is 0 Å². The molecule has 4 nitrogen and oxygen atoms in total. The molecule has 4 rings (SSSR count). The number of alkyl halides is 1. The fourth-order valence-corrected chi connectivity index (χ4v) is 7.38. The number of hydrogen-bond donors (Lipinski definition) is 1. The van der Waals surface area contributed by atoms with Crippen molar-refractivity contribution in [2.45, 2.75) is 52.3 Å². The number of aliphatic hydroxyl groups is 1. The maximum atomic E-state index is 15.2. The van der Waals surface area contributed by atoms with Gasteiger partial charge in [0.2, 0.25) is 0 Å². The summed E-state index contributed by atoms with van der Waals surface area (Å²) >= 11 is 0. The van der Waals surface area contributed by atoms with Gasteiger partial charge in [-0.05, 0) is 60.2 Å². The van der Waals surface area contributed by atoms with E-state index in [9.17, 15) is 19.5 Å². The van der Waals surface area contributed by atoms with E-state index in [1.807, 2.05) is 20.8 Å². The number of aldehydes is 1. The molecular formula is C22H27FO4. The Hall–Kier alpha value is -1.62. The lowest BCUT2D eigenvalue weighted by molar-refractivity contribution is -0.146. The number of allylic oxidation sites excluding steroid dienone is 4. The van der Waals surface area contributed by atoms with E-state index in [-0.39, 0.29) is 35.9 Å². The van der Waals surface area contributed by atoms with E-state index >= 15 is 4.39 Å². The molecule has 0 amide bonds. The maximum absolute atomic E-state index is 15.2. The minimum Gasteiger partial charge on any atom is -0.393 e. The summed E-state index contributed by atoms with van der Waals surface area (Å²) in [6.07, 6.45) is 4.58. The van der Waals surface area contributed by atoms with Crippen molar-refractivity contribution in [3.63, 3.8) is 0 Å². The van der Waals surface area contributed by atoms with E-state index < -0.39 is 34.8 Å². The molecule has 146 valence electrons. The summed E-state index contributed by atoms with van der Waals surface area (Å²) in [4.78, 5) is 35.4. The van der Waals surface area contributed by atoms with Crippen LogP contribution in [0.3, 0.4) is 0 Å². The molecule has 0 radical (unpaired) electrons. The van der Waals surface area contributed by atoms with E-state index in [1.165, 1.54) is 12.2 Å². The van der Waals surface area contributed by atoms with E-state index in [4.69, 9.17) is 0 Å². The van der Waals surface area contributed by atoms with Gasteiger partial charge >= 0.3 is 0 Å². The number of carbonyl (C=O) groups excluding carboxylic acids is 3. The highest BCUT2D eigenvalue weighted by atomic mass is 19.1. The Kier molecular flexibility index (Phi) is 4.12. The van der Waals surface area contributed by atoms with E-state index in [2.05, 4.69) is 0 Å². The van der Waals surface area contributed by atoms with Crippen molar-refractivity contribution in [2.24, 2.45) is 40.4 Å². The van der Waals surface area contributed by atoms with Gasteiger partial charge in [0.1, 0.15) is 6.17 Å². The Morgan fingerprint density at radius 3 is 2.70 bits per heavy atom. The monoisotopic (exact) mass is 374 g/mol. The lowest BCUT2D eigenvalue weighted by Gasteiger charge is -2.59. The van der Waals surface area contributed by atoms with Crippen molar-refractivity contribution >= 4 is 17.9 Å². The average Bonchev–Trinajstić information content (AvgIpc) is 2.85. The van der Waals surface area contributed by atoms with Crippen LogP contribution >= 0.6 is 0 Å². The fourth-order valence-electron chi connectivity index (χ4n) is 7.38. The van der Waals surface area contributed by atoms with Crippen molar-refractivity contribution in [1.29, 1.82) is 0 Å². The number of rotatable bonds is 2. The first-order valence-electron chi connectivity index (χ1n) is 9.90. The molecule has 3 fully saturated rings. The highest BCUT2D eigenvalue weighted by Crippen LogP contribution is 2.67. The quantitative estimate of drug-likeness (QED) is 0.596. The predicted octanol–water partition coefficient (Wildman–Crippen LogP) is 2.84. The third-order valence-electron chi connectivity index (χ3n) is 8.24. The second-order valence-corrected chi connectivity index (χ2v) is 9.61. The summed E-state index contributed by atoms with van der Waals surface area (Å²) in [5.74, 6) is -1.17. The molecule has 4 aliphatic carbocycles. The second kappa shape index (κ2) is 5.94. The lowest BCUT2D eigenvalue weighted by atomic mass is 9.46. The highest BCUT2D eigenvalue weighted by molar-refractivity contribution is 6.26. The standard InChI is InChI=1S/C22H27FO4/c1-11-6-14-13-8-16(23)15-7-12(25)4-5-21(15,2)20(13)17(26)9-22(14,3)19(11)18(27)10-24/h4-5,7,10-11,13-14,16-17,19-20,26H,6,8-9H2,1-3H3/t11-,13+,14+,16+,17-,19-,20-,21+,22+/m1/s1. The largest absolute Gasteiger partial charge is 0.393 e. The number of hydrogen-bond acceptors (Lipinski definition) is 4. The van der Waals surface area contributed by atoms with Gasteiger partial charge in [0.25, 0.3) is 0 Å². The van der Waals surface area contributed by atoms with Crippen LogP contribution in [0, 0.1) is 40.4 Å². The van der Waals surface area contributed by atoms with Gasteiger partial charge in [0.05, 0.1) is 6.10 Å². The fraction of sp³-hybridized carbons (Fsp3) is 0.682. The van der Waals surface area contributed by atoms with Crippen molar-refractivity contribution in [3.8, 4) is 0 Å². The van der Waals surface area contributed by atoms with Crippen LogP contribution in [0.15, 0.2) is 23.8 Å². The summed E-state index contributed by atoms with van der Waals surface area (Å²) in [6.45, 7) is 5.90. The van der Waals surface area contributed by atoms with Gasteiger partial charge in [-0.1, -0.05) is 26.8 Å². The Morgan fingerprint density at radius 1 is 1.33 bits per heavy atom. The lowest BCUT2D eigenvalue weighted by Crippen LogP contribution is -2.58. The van der Waals surface area contributed by atoms with Gasteiger partial charge in [0, 0.05) is 17.3 Å². The molecule has 0 spiro atoms. The minimum atomic E-state index is -1.23. The van der Waals surface area contributed by atoms with Crippen molar-refractivity contribution in [2.75, 3.05) is 0 Å². The summed E-state index contributed by atoms with van der Waals surface area (Å²) in [7, 11) is 0. The van der Waals surface area contributed by atoms with Crippen LogP contribution in [0.2, 0.25) is 0 Å². The number of halogens is 1. The first-order chi connectivity index (χ1) is 12.6. The van der Waals surface area contributed by atoms with Gasteiger partial charge in [-0.15, -0.1) is 0 Å². The zero-order valence-corrected chi connectivity index (χ0v) is 16.0. The minimum absolute atomic E-state index is 0.0370. The molecule has 0 aromatic rings. The SMILES string of the molecule is C[C@@H]1C[C@H]2[C@@H]3C[C@H](F)C4=CC(=O)C=C[C@]4(C)[C@H]3[C@H](O)C[C@]2(C)[C@H]1C(=O)C=O. The van der Waals surface area contributed by atoms with Crippen LogP contribution in [-0.4, -0.2) is 35.2 Å². The normalized spacial score (nSPS) is 51.1. The number of carbonyl (C=O) groups is 3. The second-order valence-electron chi connectivity index (χ2n) is 9.61. The van der Waals surface area contributed by atoms with Crippen molar-refractivity contribution in [1.82, 2.24) is 0 Å².